The number of rotatable bonds is 7. The topological polar surface area (TPSA) is 47.3 Å². The van der Waals surface area contributed by atoms with Gasteiger partial charge in [0.1, 0.15) is 0 Å². The summed E-state index contributed by atoms with van der Waals surface area (Å²) in [6, 6.07) is 10.2. The van der Waals surface area contributed by atoms with Crippen LogP contribution in [0.2, 0.25) is 0 Å². The first-order chi connectivity index (χ1) is 9.52. The molecule has 0 spiro atoms. The summed E-state index contributed by atoms with van der Waals surface area (Å²) in [7, 11) is 3.75. The predicted octanol–water partition coefficient (Wildman–Crippen LogP) is 2.64. The highest BCUT2D eigenvalue weighted by molar-refractivity contribution is 9.10. The molecule has 108 valence electrons. The lowest BCUT2D eigenvalue weighted by atomic mass is 10.2. The van der Waals surface area contributed by atoms with Gasteiger partial charge >= 0.3 is 0 Å². The summed E-state index contributed by atoms with van der Waals surface area (Å²) < 4.78 is 1.07. The number of carbonyl (C=O) groups is 1. The standard InChI is InChI=1S/C15H20BrN3O/c1-18(12-13-4-6-14(16)7-5-13)11-8-15(20)19(2)10-3-9-17/h4-7H,3,8,10-12H2,1-2H3. The Hall–Kier alpha value is -1.38. The number of halogens is 1. The number of hydrogen-bond donors (Lipinski definition) is 0. The Morgan fingerprint density at radius 2 is 1.90 bits per heavy atom. The SMILES string of the molecule is CN(CCC(=O)N(C)CCC#N)Cc1ccc(Br)cc1. The van der Waals surface area contributed by atoms with Gasteiger partial charge in [-0.2, -0.15) is 5.26 Å². The molecule has 5 heteroatoms. The molecule has 0 aliphatic carbocycles. The fourth-order valence-corrected chi connectivity index (χ4v) is 2.06. The monoisotopic (exact) mass is 337 g/mol. The molecule has 0 aliphatic heterocycles. The molecule has 1 aromatic rings. The molecule has 0 radical (unpaired) electrons. The van der Waals surface area contributed by atoms with Crippen LogP contribution in [-0.2, 0) is 11.3 Å². The van der Waals surface area contributed by atoms with Crippen molar-refractivity contribution < 1.29 is 4.79 Å². The summed E-state index contributed by atoms with van der Waals surface area (Å²) in [5.41, 5.74) is 1.22. The maximum absolute atomic E-state index is 11.8. The Morgan fingerprint density at radius 3 is 2.50 bits per heavy atom. The molecule has 0 fully saturated rings. The van der Waals surface area contributed by atoms with Gasteiger partial charge in [0.05, 0.1) is 12.5 Å². The van der Waals surface area contributed by atoms with E-state index in [0.717, 1.165) is 11.0 Å². The second-order valence-electron chi connectivity index (χ2n) is 4.84. The number of carbonyl (C=O) groups excluding carboxylic acids is 1. The molecule has 0 bridgehead atoms. The molecule has 0 unspecified atom stereocenters. The van der Waals surface area contributed by atoms with Gasteiger partial charge in [0.15, 0.2) is 0 Å². The Bertz CT molecular complexity index is 467. The van der Waals surface area contributed by atoms with Gasteiger partial charge in [-0.25, -0.2) is 0 Å². The van der Waals surface area contributed by atoms with Crippen LogP contribution < -0.4 is 0 Å². The minimum Gasteiger partial charge on any atom is -0.345 e. The van der Waals surface area contributed by atoms with Gasteiger partial charge < -0.3 is 9.80 Å². The molecular weight excluding hydrogens is 318 g/mol. The summed E-state index contributed by atoms with van der Waals surface area (Å²) >= 11 is 3.41. The van der Waals surface area contributed by atoms with Crippen molar-refractivity contribution in [2.24, 2.45) is 0 Å². The number of nitrogens with zero attached hydrogens (tertiary/aromatic N) is 3. The molecule has 0 heterocycles. The molecule has 0 aliphatic rings. The van der Waals surface area contributed by atoms with Crippen molar-refractivity contribution in [2.75, 3.05) is 27.2 Å². The Kier molecular flexibility index (Phi) is 7.27. The van der Waals surface area contributed by atoms with Crippen LogP contribution in [0, 0.1) is 11.3 Å². The maximum atomic E-state index is 11.8. The van der Waals surface area contributed by atoms with E-state index in [0.29, 0.717) is 25.9 Å². The van der Waals surface area contributed by atoms with Crippen molar-refractivity contribution in [3.63, 3.8) is 0 Å². The lowest BCUT2D eigenvalue weighted by molar-refractivity contribution is -0.130. The van der Waals surface area contributed by atoms with Gasteiger partial charge in [-0.3, -0.25) is 4.79 Å². The van der Waals surface area contributed by atoms with E-state index in [1.54, 1.807) is 11.9 Å². The third-order valence-corrected chi connectivity index (χ3v) is 3.59. The molecule has 1 rings (SSSR count). The summed E-state index contributed by atoms with van der Waals surface area (Å²) in [6.07, 6.45) is 0.867. The van der Waals surface area contributed by atoms with Crippen LogP contribution >= 0.6 is 15.9 Å². The summed E-state index contributed by atoms with van der Waals surface area (Å²) in [5.74, 6) is 0.0860. The molecule has 20 heavy (non-hydrogen) atoms. The fraction of sp³-hybridized carbons (Fsp3) is 0.467. The van der Waals surface area contributed by atoms with E-state index in [-0.39, 0.29) is 5.91 Å². The van der Waals surface area contributed by atoms with Crippen molar-refractivity contribution >= 4 is 21.8 Å². The highest BCUT2D eigenvalue weighted by atomic mass is 79.9. The quantitative estimate of drug-likeness (QED) is 0.768. The average molecular weight is 338 g/mol. The number of benzene rings is 1. The highest BCUT2D eigenvalue weighted by Gasteiger charge is 2.09. The van der Waals surface area contributed by atoms with E-state index in [1.807, 2.05) is 25.2 Å². The van der Waals surface area contributed by atoms with Crippen LogP contribution in [0.5, 0.6) is 0 Å². The van der Waals surface area contributed by atoms with Gasteiger partial charge in [0, 0.05) is 37.6 Å². The molecule has 0 saturated heterocycles. The molecule has 1 aromatic carbocycles. The van der Waals surface area contributed by atoms with Gasteiger partial charge in [0.25, 0.3) is 0 Å². The first-order valence-corrected chi connectivity index (χ1v) is 7.36. The van der Waals surface area contributed by atoms with Crippen molar-refractivity contribution in [2.45, 2.75) is 19.4 Å². The minimum atomic E-state index is 0.0860. The van der Waals surface area contributed by atoms with Crippen LogP contribution in [0.1, 0.15) is 18.4 Å². The van der Waals surface area contributed by atoms with Gasteiger partial charge in [0.2, 0.25) is 5.91 Å². The predicted molar refractivity (Wildman–Crippen MR) is 83.0 cm³/mol. The largest absolute Gasteiger partial charge is 0.345 e. The second-order valence-corrected chi connectivity index (χ2v) is 5.75. The van der Waals surface area contributed by atoms with E-state index in [4.69, 9.17) is 5.26 Å². The molecule has 0 saturated carbocycles. The van der Waals surface area contributed by atoms with E-state index in [2.05, 4.69) is 33.0 Å². The average Bonchev–Trinajstić information content (AvgIpc) is 2.44. The maximum Gasteiger partial charge on any atom is 0.223 e. The minimum absolute atomic E-state index is 0.0860. The molecule has 0 atom stereocenters. The van der Waals surface area contributed by atoms with Crippen LogP contribution in [0.3, 0.4) is 0 Å². The van der Waals surface area contributed by atoms with Gasteiger partial charge in [-0.1, -0.05) is 28.1 Å². The number of nitriles is 1. The Morgan fingerprint density at radius 1 is 1.25 bits per heavy atom. The van der Waals surface area contributed by atoms with E-state index in [9.17, 15) is 4.79 Å². The van der Waals surface area contributed by atoms with Crippen molar-refractivity contribution in [1.82, 2.24) is 9.80 Å². The molecular formula is C15H20BrN3O. The molecule has 4 nitrogen and oxygen atoms in total. The zero-order valence-corrected chi connectivity index (χ0v) is 13.6. The number of hydrogen-bond acceptors (Lipinski definition) is 3. The van der Waals surface area contributed by atoms with Crippen molar-refractivity contribution in [3.05, 3.63) is 34.3 Å². The van der Waals surface area contributed by atoms with Crippen molar-refractivity contribution in [1.29, 1.82) is 5.26 Å². The van der Waals surface area contributed by atoms with E-state index >= 15 is 0 Å². The first-order valence-electron chi connectivity index (χ1n) is 6.57. The van der Waals surface area contributed by atoms with Crippen LogP contribution in [0.4, 0.5) is 0 Å². The first kappa shape index (κ1) is 16.7. The lowest BCUT2D eigenvalue weighted by Crippen LogP contribution is -2.31. The normalized spacial score (nSPS) is 10.3. The van der Waals surface area contributed by atoms with Crippen molar-refractivity contribution in [3.8, 4) is 6.07 Å². The number of amides is 1. The second kappa shape index (κ2) is 8.72. The Labute approximate surface area is 129 Å². The zero-order valence-electron chi connectivity index (χ0n) is 12.0. The molecule has 0 N–H and O–H groups in total. The molecule has 0 aromatic heterocycles. The molecule has 1 amide bonds. The van der Waals surface area contributed by atoms with Crippen LogP contribution in [0.15, 0.2) is 28.7 Å². The van der Waals surface area contributed by atoms with Crippen LogP contribution in [0.25, 0.3) is 0 Å². The van der Waals surface area contributed by atoms with Gasteiger partial charge in [-0.05, 0) is 24.7 Å². The third kappa shape index (κ3) is 6.18. The zero-order chi connectivity index (χ0) is 15.0. The lowest BCUT2D eigenvalue weighted by Gasteiger charge is -2.19. The summed E-state index contributed by atoms with van der Waals surface area (Å²) in [5, 5.41) is 8.50. The summed E-state index contributed by atoms with van der Waals surface area (Å²) in [6.45, 7) is 2.04. The van der Waals surface area contributed by atoms with E-state index in [1.165, 1.54) is 5.56 Å². The summed E-state index contributed by atoms with van der Waals surface area (Å²) in [4.78, 5) is 15.6. The fourth-order valence-electron chi connectivity index (χ4n) is 1.80. The highest BCUT2D eigenvalue weighted by Crippen LogP contribution is 2.11. The van der Waals surface area contributed by atoms with E-state index < -0.39 is 0 Å². The van der Waals surface area contributed by atoms with Crippen LogP contribution in [-0.4, -0.2) is 42.9 Å². The van der Waals surface area contributed by atoms with Gasteiger partial charge in [-0.15, -0.1) is 0 Å². The third-order valence-electron chi connectivity index (χ3n) is 3.06. The smallest absolute Gasteiger partial charge is 0.223 e. The Balaban J connectivity index is 2.32.